The van der Waals surface area contributed by atoms with Crippen molar-refractivity contribution in [3.05, 3.63) is 0 Å². The first-order chi connectivity index (χ1) is 7.90. The lowest BCUT2D eigenvalue weighted by molar-refractivity contribution is -0.134. The Morgan fingerprint density at radius 1 is 1.18 bits per heavy atom. The number of carbonyl (C=O) groups excluding carboxylic acids is 2. The van der Waals surface area contributed by atoms with Gasteiger partial charge in [0, 0.05) is 20.4 Å². The Morgan fingerprint density at radius 2 is 1.71 bits per heavy atom. The Morgan fingerprint density at radius 3 is 2.12 bits per heavy atom. The first kappa shape index (κ1) is 13.9. The monoisotopic (exact) mass is 246 g/mol. The third-order valence-corrected chi connectivity index (χ3v) is 2.96. The molecule has 0 spiro atoms. The van der Waals surface area contributed by atoms with Crippen molar-refractivity contribution in [2.24, 2.45) is 0 Å². The van der Waals surface area contributed by atoms with Crippen LogP contribution in [0.1, 0.15) is 13.8 Å². The van der Waals surface area contributed by atoms with Gasteiger partial charge in [0.25, 0.3) is 0 Å². The van der Waals surface area contributed by atoms with Crippen molar-refractivity contribution >= 4 is 11.8 Å². The summed E-state index contributed by atoms with van der Waals surface area (Å²) in [5.74, 6) is -0.655. The predicted octanol–water partition coefficient (Wildman–Crippen LogP) is -2.56. The molecular weight excluding hydrogens is 228 g/mol. The number of nitrogens with zero attached hydrogens (tertiary/aromatic N) is 1. The van der Waals surface area contributed by atoms with E-state index in [1.54, 1.807) is 0 Å². The number of rotatable bonds is 3. The molecular formula is C10H18N2O5. The van der Waals surface area contributed by atoms with Crippen LogP contribution < -0.4 is 5.32 Å². The average molecular weight is 246 g/mol. The molecule has 1 aliphatic heterocycles. The molecule has 0 aromatic rings. The first-order valence-corrected chi connectivity index (χ1v) is 5.40. The van der Waals surface area contributed by atoms with Gasteiger partial charge in [-0.15, -0.1) is 0 Å². The number of nitrogens with one attached hydrogen (secondary N) is 1. The highest BCUT2D eigenvalue weighted by molar-refractivity contribution is 5.75. The Balaban J connectivity index is 2.84. The minimum atomic E-state index is -1.21. The average Bonchev–Trinajstić information content (AvgIpc) is 2.49. The first-order valence-electron chi connectivity index (χ1n) is 5.40. The van der Waals surface area contributed by atoms with E-state index in [0.717, 1.165) is 0 Å². The highest BCUT2D eigenvalue weighted by Crippen LogP contribution is 2.24. The topological polar surface area (TPSA) is 110 Å². The van der Waals surface area contributed by atoms with Crippen LogP contribution in [0.2, 0.25) is 0 Å². The number of hydrogen-bond acceptors (Lipinski definition) is 5. The summed E-state index contributed by atoms with van der Waals surface area (Å²) in [7, 11) is 0. The van der Waals surface area contributed by atoms with Crippen LogP contribution in [-0.2, 0) is 9.59 Å². The lowest BCUT2D eigenvalue weighted by Crippen LogP contribution is -2.49. The van der Waals surface area contributed by atoms with Crippen LogP contribution in [0, 0.1) is 0 Å². The van der Waals surface area contributed by atoms with E-state index >= 15 is 0 Å². The molecule has 0 aliphatic carbocycles. The molecule has 4 N–H and O–H groups in total. The molecule has 98 valence electrons. The molecule has 1 aliphatic rings. The Bertz CT molecular complexity index is 309. The van der Waals surface area contributed by atoms with Gasteiger partial charge in [0.2, 0.25) is 11.8 Å². The largest absolute Gasteiger partial charge is 0.394 e. The highest BCUT2D eigenvalue weighted by atomic mass is 16.3. The summed E-state index contributed by atoms with van der Waals surface area (Å²) < 4.78 is 0. The van der Waals surface area contributed by atoms with Crippen molar-refractivity contribution in [2.75, 3.05) is 13.2 Å². The number of hydrogen-bond donors (Lipinski definition) is 4. The molecule has 1 saturated heterocycles. The minimum Gasteiger partial charge on any atom is -0.394 e. The zero-order chi connectivity index (χ0) is 13.2. The van der Waals surface area contributed by atoms with Gasteiger partial charge in [-0.2, -0.15) is 0 Å². The van der Waals surface area contributed by atoms with Crippen molar-refractivity contribution in [1.82, 2.24) is 10.2 Å². The molecule has 17 heavy (non-hydrogen) atoms. The molecule has 1 heterocycles. The SMILES string of the molecule is CC(=O)NC[C@@H]1[C@H](O)[C@H](O)[C@H](CO)N1C(C)=O. The van der Waals surface area contributed by atoms with E-state index in [1.165, 1.54) is 18.7 Å². The molecule has 0 bridgehead atoms. The van der Waals surface area contributed by atoms with Crippen LogP contribution in [0.25, 0.3) is 0 Å². The van der Waals surface area contributed by atoms with E-state index < -0.39 is 30.9 Å². The summed E-state index contributed by atoms with van der Waals surface area (Å²) in [4.78, 5) is 23.5. The summed E-state index contributed by atoms with van der Waals surface area (Å²) in [5, 5.41) is 31.1. The van der Waals surface area contributed by atoms with E-state index in [-0.39, 0.29) is 18.4 Å². The van der Waals surface area contributed by atoms with Gasteiger partial charge in [-0.1, -0.05) is 0 Å². The highest BCUT2D eigenvalue weighted by Gasteiger charge is 2.48. The molecule has 7 nitrogen and oxygen atoms in total. The number of amides is 2. The maximum atomic E-state index is 11.4. The van der Waals surface area contributed by atoms with Gasteiger partial charge < -0.3 is 25.5 Å². The van der Waals surface area contributed by atoms with Crippen LogP contribution >= 0.6 is 0 Å². The Labute approximate surface area is 99.0 Å². The summed E-state index contributed by atoms with van der Waals surface area (Å²) in [5.41, 5.74) is 0. The molecule has 0 radical (unpaired) electrons. The third-order valence-electron chi connectivity index (χ3n) is 2.96. The molecule has 1 rings (SSSR count). The van der Waals surface area contributed by atoms with Crippen LogP contribution in [0.15, 0.2) is 0 Å². The normalized spacial score (nSPS) is 32.6. The van der Waals surface area contributed by atoms with Gasteiger partial charge in [-0.3, -0.25) is 9.59 Å². The fourth-order valence-electron chi connectivity index (χ4n) is 2.16. The zero-order valence-corrected chi connectivity index (χ0v) is 9.83. The van der Waals surface area contributed by atoms with E-state index in [9.17, 15) is 19.8 Å². The molecule has 7 heteroatoms. The van der Waals surface area contributed by atoms with Crippen LogP contribution in [0.4, 0.5) is 0 Å². The standard InChI is InChI=1S/C10H18N2O5/c1-5(14)11-3-7-9(16)10(17)8(4-13)12(7)6(2)15/h7-10,13,16-17H,3-4H2,1-2H3,(H,11,14)/t7-,8+,9+,10-/m1/s1. The Kier molecular flexibility index (Phi) is 4.44. The van der Waals surface area contributed by atoms with Crippen molar-refractivity contribution < 1.29 is 24.9 Å². The van der Waals surface area contributed by atoms with Crippen molar-refractivity contribution in [3.63, 3.8) is 0 Å². The van der Waals surface area contributed by atoms with E-state index in [1.807, 2.05) is 0 Å². The summed E-state index contributed by atoms with van der Waals surface area (Å²) >= 11 is 0. The molecule has 0 saturated carbocycles. The van der Waals surface area contributed by atoms with Gasteiger partial charge in [0.05, 0.1) is 18.7 Å². The third kappa shape index (κ3) is 2.74. The number of carbonyl (C=O) groups is 2. The fraction of sp³-hybridized carbons (Fsp3) is 0.800. The van der Waals surface area contributed by atoms with Crippen LogP contribution in [0.3, 0.4) is 0 Å². The molecule has 2 amide bonds. The molecule has 1 fully saturated rings. The number of aliphatic hydroxyl groups is 3. The maximum absolute atomic E-state index is 11.4. The minimum absolute atomic E-state index is 0.0453. The van der Waals surface area contributed by atoms with Gasteiger partial charge >= 0.3 is 0 Å². The second kappa shape index (κ2) is 5.44. The van der Waals surface area contributed by atoms with E-state index in [0.29, 0.717) is 0 Å². The lowest BCUT2D eigenvalue weighted by atomic mass is 10.1. The van der Waals surface area contributed by atoms with Gasteiger partial charge in [-0.25, -0.2) is 0 Å². The van der Waals surface area contributed by atoms with Gasteiger partial charge in [0.15, 0.2) is 0 Å². The van der Waals surface area contributed by atoms with Crippen LogP contribution in [-0.4, -0.2) is 69.5 Å². The second-order valence-electron chi connectivity index (χ2n) is 4.16. The number of aliphatic hydroxyl groups excluding tert-OH is 3. The summed E-state index contributed by atoms with van der Waals surface area (Å²) in [6.07, 6.45) is -2.38. The molecule has 4 atom stereocenters. The van der Waals surface area contributed by atoms with E-state index in [2.05, 4.69) is 5.32 Å². The van der Waals surface area contributed by atoms with Crippen molar-refractivity contribution in [1.29, 1.82) is 0 Å². The lowest BCUT2D eigenvalue weighted by Gasteiger charge is -2.28. The van der Waals surface area contributed by atoms with Crippen LogP contribution in [0.5, 0.6) is 0 Å². The van der Waals surface area contributed by atoms with Gasteiger partial charge in [-0.05, 0) is 0 Å². The zero-order valence-electron chi connectivity index (χ0n) is 9.83. The fourth-order valence-corrected chi connectivity index (χ4v) is 2.16. The smallest absolute Gasteiger partial charge is 0.220 e. The maximum Gasteiger partial charge on any atom is 0.220 e. The van der Waals surface area contributed by atoms with Crippen molar-refractivity contribution in [3.8, 4) is 0 Å². The summed E-state index contributed by atoms with van der Waals surface area (Å²) in [6.45, 7) is 2.21. The molecule has 0 aromatic heterocycles. The Hall–Kier alpha value is -1.18. The second-order valence-corrected chi connectivity index (χ2v) is 4.16. The quantitative estimate of drug-likeness (QED) is 0.438. The van der Waals surface area contributed by atoms with Crippen molar-refractivity contribution in [2.45, 2.75) is 38.1 Å². The van der Waals surface area contributed by atoms with Gasteiger partial charge in [0.1, 0.15) is 12.2 Å². The molecule has 0 aromatic carbocycles. The van der Waals surface area contributed by atoms with E-state index in [4.69, 9.17) is 5.11 Å². The predicted molar refractivity (Wildman–Crippen MR) is 57.9 cm³/mol. The summed E-state index contributed by atoms with van der Waals surface area (Å²) in [6, 6.07) is -1.55. The molecule has 0 unspecified atom stereocenters. The number of likely N-dealkylation sites (tertiary alicyclic amines) is 1.